The van der Waals surface area contributed by atoms with Gasteiger partial charge in [-0.15, -0.1) is 11.3 Å². The SMILES string of the molecule is N#C/C(C(=O)Nc1ccccc1)=c1\s/c(=C\Nc2ccc(F)cc2)c(=O)n1-c1ccccc1. The number of carbonyl (C=O) groups is 1. The molecule has 0 bridgehead atoms. The first-order valence-electron chi connectivity index (χ1n) is 9.87. The Balaban J connectivity index is 1.87. The number of anilines is 2. The molecule has 0 atom stereocenters. The van der Waals surface area contributed by atoms with Crippen molar-refractivity contribution in [1.82, 2.24) is 4.57 Å². The van der Waals surface area contributed by atoms with Crippen LogP contribution in [-0.4, -0.2) is 10.5 Å². The second kappa shape index (κ2) is 9.77. The van der Waals surface area contributed by atoms with E-state index in [4.69, 9.17) is 0 Å². The lowest BCUT2D eigenvalue weighted by molar-refractivity contribution is -0.111. The normalized spacial score (nSPS) is 12.1. The topological polar surface area (TPSA) is 86.9 Å². The van der Waals surface area contributed by atoms with Gasteiger partial charge in [0, 0.05) is 17.6 Å². The van der Waals surface area contributed by atoms with E-state index in [1.807, 2.05) is 12.1 Å². The molecule has 4 rings (SSSR count). The van der Waals surface area contributed by atoms with Crippen molar-refractivity contribution in [3.05, 3.63) is 110 Å². The zero-order valence-corrected chi connectivity index (χ0v) is 18.0. The molecule has 0 fully saturated rings. The summed E-state index contributed by atoms with van der Waals surface area (Å²) in [5.74, 6) is -0.990. The molecule has 0 unspecified atom stereocenters. The molecule has 0 aliphatic heterocycles. The minimum absolute atomic E-state index is 0.189. The van der Waals surface area contributed by atoms with Crippen molar-refractivity contribution in [1.29, 1.82) is 5.26 Å². The first-order valence-corrected chi connectivity index (χ1v) is 10.7. The number of benzene rings is 3. The standard InChI is InChI=1S/C25H17FN4O2S/c26-17-11-13-18(14-12-17)28-16-22-24(32)30(20-9-5-2-6-10-20)25(33-22)21(15-27)23(31)29-19-7-3-1-4-8-19/h1-14,16,28H,(H,29,31)/b22-16-,25-21+. The summed E-state index contributed by atoms with van der Waals surface area (Å²) in [7, 11) is 0. The van der Waals surface area contributed by atoms with Crippen molar-refractivity contribution in [2.75, 3.05) is 10.6 Å². The van der Waals surface area contributed by atoms with Crippen molar-refractivity contribution in [2.24, 2.45) is 0 Å². The molecule has 0 saturated carbocycles. The number of amides is 1. The number of thiazole rings is 1. The number of carbonyl (C=O) groups excluding carboxylic acids is 1. The lowest BCUT2D eigenvalue weighted by atomic mass is 10.2. The van der Waals surface area contributed by atoms with E-state index >= 15 is 0 Å². The maximum atomic E-state index is 13.3. The zero-order valence-electron chi connectivity index (χ0n) is 17.2. The first kappa shape index (κ1) is 21.7. The number of nitrogens with one attached hydrogen (secondary N) is 2. The van der Waals surface area contributed by atoms with Crippen LogP contribution in [0.3, 0.4) is 0 Å². The Morgan fingerprint density at radius 3 is 2.21 bits per heavy atom. The minimum Gasteiger partial charge on any atom is -0.360 e. The van der Waals surface area contributed by atoms with Crippen LogP contribution in [0.4, 0.5) is 15.8 Å². The van der Waals surface area contributed by atoms with Crippen LogP contribution < -0.4 is 25.4 Å². The number of nitrogens with zero attached hydrogens (tertiary/aromatic N) is 2. The van der Waals surface area contributed by atoms with Crippen LogP contribution in [-0.2, 0) is 4.79 Å². The van der Waals surface area contributed by atoms with Crippen molar-refractivity contribution >= 4 is 40.4 Å². The highest BCUT2D eigenvalue weighted by atomic mass is 32.1. The molecule has 1 heterocycles. The van der Waals surface area contributed by atoms with Crippen LogP contribution in [0.25, 0.3) is 17.5 Å². The van der Waals surface area contributed by atoms with Gasteiger partial charge in [-0.1, -0.05) is 36.4 Å². The average Bonchev–Trinajstić information content (AvgIpc) is 3.16. The van der Waals surface area contributed by atoms with Crippen LogP contribution in [0.15, 0.2) is 89.7 Å². The molecule has 162 valence electrons. The quantitative estimate of drug-likeness (QED) is 0.483. The molecule has 8 heteroatoms. The Morgan fingerprint density at radius 2 is 1.58 bits per heavy atom. The fraction of sp³-hybridized carbons (Fsp3) is 0. The van der Waals surface area contributed by atoms with E-state index in [1.54, 1.807) is 54.6 Å². The van der Waals surface area contributed by atoms with Crippen molar-refractivity contribution < 1.29 is 9.18 Å². The van der Waals surface area contributed by atoms with Gasteiger partial charge >= 0.3 is 0 Å². The second-order valence-electron chi connectivity index (χ2n) is 6.85. The summed E-state index contributed by atoms with van der Waals surface area (Å²) in [6.07, 6.45) is 1.48. The molecule has 0 radical (unpaired) electrons. The lowest BCUT2D eigenvalue weighted by Gasteiger charge is -2.05. The summed E-state index contributed by atoms with van der Waals surface area (Å²) < 4.78 is 15.0. The molecular weight excluding hydrogens is 439 g/mol. The van der Waals surface area contributed by atoms with Gasteiger partial charge in [-0.05, 0) is 48.5 Å². The third-order valence-corrected chi connectivity index (χ3v) is 5.73. The number of hydrogen-bond donors (Lipinski definition) is 2. The van der Waals surface area contributed by atoms with Crippen LogP contribution >= 0.6 is 11.3 Å². The highest BCUT2D eigenvalue weighted by Gasteiger charge is 2.17. The molecule has 0 saturated heterocycles. The first-order chi connectivity index (χ1) is 16.1. The van der Waals surface area contributed by atoms with Crippen LogP contribution in [0.5, 0.6) is 0 Å². The molecule has 0 aliphatic carbocycles. The van der Waals surface area contributed by atoms with Crippen molar-refractivity contribution in [2.45, 2.75) is 0 Å². The van der Waals surface area contributed by atoms with Gasteiger partial charge in [0.05, 0.1) is 5.69 Å². The van der Waals surface area contributed by atoms with E-state index < -0.39 is 11.5 Å². The summed E-state index contributed by atoms with van der Waals surface area (Å²) in [4.78, 5) is 26.2. The number of hydrogen-bond acceptors (Lipinski definition) is 5. The minimum atomic E-state index is -0.618. The lowest BCUT2D eigenvalue weighted by Crippen LogP contribution is -2.32. The van der Waals surface area contributed by atoms with E-state index in [0.717, 1.165) is 11.3 Å². The smallest absolute Gasteiger partial charge is 0.275 e. The fourth-order valence-corrected chi connectivity index (χ4v) is 4.09. The highest BCUT2D eigenvalue weighted by molar-refractivity contribution is 7.07. The molecular formula is C25H17FN4O2S. The van der Waals surface area contributed by atoms with E-state index in [9.17, 15) is 19.2 Å². The average molecular weight is 457 g/mol. The largest absolute Gasteiger partial charge is 0.360 e. The summed E-state index contributed by atoms with van der Waals surface area (Å²) in [6, 6.07) is 25.2. The Labute approximate surface area is 192 Å². The number of nitriles is 1. The number of halogens is 1. The Bertz CT molecular complexity index is 1500. The van der Waals surface area contributed by atoms with E-state index in [-0.39, 0.29) is 20.6 Å². The fourth-order valence-electron chi connectivity index (χ4n) is 3.07. The molecule has 1 aromatic heterocycles. The predicted octanol–water partition coefficient (Wildman–Crippen LogP) is 3.20. The summed E-state index contributed by atoms with van der Waals surface area (Å²) >= 11 is 1.01. The summed E-state index contributed by atoms with van der Waals surface area (Å²) in [6.45, 7) is 0. The predicted molar refractivity (Wildman–Crippen MR) is 128 cm³/mol. The molecule has 3 aromatic carbocycles. The van der Waals surface area contributed by atoms with Crippen LogP contribution in [0.1, 0.15) is 0 Å². The zero-order chi connectivity index (χ0) is 23.2. The van der Waals surface area contributed by atoms with Gasteiger partial charge in [0.2, 0.25) is 0 Å². The molecule has 4 aromatic rings. The number of aromatic nitrogens is 1. The Kier molecular flexibility index (Phi) is 6.43. The third kappa shape index (κ3) is 4.89. The van der Waals surface area contributed by atoms with Crippen LogP contribution in [0.2, 0.25) is 0 Å². The highest BCUT2D eigenvalue weighted by Crippen LogP contribution is 2.10. The molecule has 6 nitrogen and oxygen atoms in total. The molecule has 1 amide bonds. The van der Waals surface area contributed by atoms with Gasteiger partial charge in [0.1, 0.15) is 21.1 Å². The molecule has 0 aliphatic rings. The Hall–Kier alpha value is -4.48. The van der Waals surface area contributed by atoms with E-state index in [2.05, 4.69) is 10.6 Å². The van der Waals surface area contributed by atoms with Gasteiger partial charge in [0.25, 0.3) is 11.5 Å². The third-order valence-electron chi connectivity index (χ3n) is 4.64. The van der Waals surface area contributed by atoms with Crippen LogP contribution in [0, 0.1) is 17.1 Å². The van der Waals surface area contributed by atoms with Crippen molar-refractivity contribution in [3.63, 3.8) is 0 Å². The second-order valence-corrected chi connectivity index (χ2v) is 7.88. The molecule has 2 N–H and O–H groups in total. The maximum absolute atomic E-state index is 13.3. The molecule has 0 spiro atoms. The van der Waals surface area contributed by atoms with E-state index in [1.165, 1.54) is 35.0 Å². The van der Waals surface area contributed by atoms with E-state index in [0.29, 0.717) is 17.1 Å². The monoisotopic (exact) mass is 456 g/mol. The molecule has 33 heavy (non-hydrogen) atoms. The summed E-state index contributed by atoms with van der Waals surface area (Å²) in [5, 5.41) is 15.5. The number of para-hydroxylation sites is 2. The maximum Gasteiger partial charge on any atom is 0.275 e. The van der Waals surface area contributed by atoms with Gasteiger partial charge < -0.3 is 10.6 Å². The van der Waals surface area contributed by atoms with Crippen molar-refractivity contribution in [3.8, 4) is 11.8 Å². The van der Waals surface area contributed by atoms with Gasteiger partial charge in [0.15, 0.2) is 5.57 Å². The number of rotatable bonds is 5. The van der Waals surface area contributed by atoms with Gasteiger partial charge in [-0.2, -0.15) is 5.26 Å². The Morgan fingerprint density at radius 1 is 0.939 bits per heavy atom. The van der Waals surface area contributed by atoms with Gasteiger partial charge in [-0.3, -0.25) is 14.2 Å². The van der Waals surface area contributed by atoms with Gasteiger partial charge in [-0.25, -0.2) is 4.39 Å². The summed E-state index contributed by atoms with van der Waals surface area (Å²) in [5.41, 5.74) is 1.06.